The van der Waals surface area contributed by atoms with E-state index in [1.165, 1.54) is 32.4 Å². The summed E-state index contributed by atoms with van der Waals surface area (Å²) in [4.78, 5) is 2.47. The first-order valence-corrected chi connectivity index (χ1v) is 5.55. The molecule has 1 aliphatic heterocycles. The second-order valence-corrected chi connectivity index (χ2v) is 4.35. The van der Waals surface area contributed by atoms with Gasteiger partial charge in [0.1, 0.15) is 0 Å². The number of likely N-dealkylation sites (tertiary alicyclic amines) is 1. The molecule has 1 heterocycles. The molecule has 1 fully saturated rings. The van der Waals surface area contributed by atoms with E-state index in [1.807, 2.05) is 13.8 Å². The van der Waals surface area contributed by atoms with Crippen molar-refractivity contribution in [2.45, 2.75) is 38.9 Å². The minimum Gasteiger partial charge on any atom is -0.354 e. The smallest absolute Gasteiger partial charge is 0.162 e. The standard InChI is InChI=1S/C11H23NO2/c1-11(2,13-3)14-10-9-12-7-5-4-6-8-12/h4-10H2,1-3H3. The van der Waals surface area contributed by atoms with E-state index in [-0.39, 0.29) is 0 Å². The molecule has 1 rings (SSSR count). The largest absolute Gasteiger partial charge is 0.354 e. The van der Waals surface area contributed by atoms with Crippen LogP contribution in [0.2, 0.25) is 0 Å². The van der Waals surface area contributed by atoms with Crippen LogP contribution < -0.4 is 0 Å². The third-order valence-corrected chi connectivity index (χ3v) is 2.80. The molecule has 0 saturated carbocycles. The van der Waals surface area contributed by atoms with Gasteiger partial charge in [0, 0.05) is 13.7 Å². The van der Waals surface area contributed by atoms with Gasteiger partial charge in [-0.3, -0.25) is 0 Å². The molecule has 14 heavy (non-hydrogen) atoms. The van der Waals surface area contributed by atoms with Crippen LogP contribution in [-0.2, 0) is 9.47 Å². The summed E-state index contributed by atoms with van der Waals surface area (Å²) in [6, 6.07) is 0. The van der Waals surface area contributed by atoms with Crippen molar-refractivity contribution in [2.75, 3.05) is 33.4 Å². The van der Waals surface area contributed by atoms with E-state index in [2.05, 4.69) is 4.90 Å². The summed E-state index contributed by atoms with van der Waals surface area (Å²) in [7, 11) is 1.68. The van der Waals surface area contributed by atoms with E-state index in [9.17, 15) is 0 Å². The Morgan fingerprint density at radius 1 is 1.14 bits per heavy atom. The number of piperidine rings is 1. The Morgan fingerprint density at radius 3 is 2.36 bits per heavy atom. The van der Waals surface area contributed by atoms with Crippen LogP contribution in [-0.4, -0.2) is 44.0 Å². The monoisotopic (exact) mass is 201 g/mol. The lowest BCUT2D eigenvalue weighted by Gasteiger charge is -2.29. The molecule has 0 amide bonds. The predicted octanol–water partition coefficient (Wildman–Crippen LogP) is 1.87. The van der Waals surface area contributed by atoms with Crippen LogP contribution in [0.15, 0.2) is 0 Å². The van der Waals surface area contributed by atoms with E-state index in [1.54, 1.807) is 7.11 Å². The summed E-state index contributed by atoms with van der Waals surface area (Å²) in [6.45, 7) is 8.16. The van der Waals surface area contributed by atoms with E-state index < -0.39 is 5.79 Å². The van der Waals surface area contributed by atoms with Gasteiger partial charge in [0.2, 0.25) is 0 Å². The third kappa shape index (κ3) is 4.40. The molecule has 0 aromatic carbocycles. The maximum Gasteiger partial charge on any atom is 0.162 e. The topological polar surface area (TPSA) is 21.7 Å². The molecule has 0 spiro atoms. The van der Waals surface area contributed by atoms with Gasteiger partial charge in [-0.1, -0.05) is 6.42 Å². The van der Waals surface area contributed by atoms with Crippen LogP contribution in [0.25, 0.3) is 0 Å². The van der Waals surface area contributed by atoms with Crippen molar-refractivity contribution in [3.8, 4) is 0 Å². The lowest BCUT2D eigenvalue weighted by molar-refractivity contribution is -0.198. The molecule has 1 saturated heterocycles. The lowest BCUT2D eigenvalue weighted by Crippen LogP contribution is -2.36. The highest BCUT2D eigenvalue weighted by molar-refractivity contribution is 4.64. The Balaban J connectivity index is 2.08. The molecule has 0 aliphatic carbocycles. The Labute approximate surface area is 87.4 Å². The van der Waals surface area contributed by atoms with Crippen molar-refractivity contribution in [1.82, 2.24) is 4.90 Å². The third-order valence-electron chi connectivity index (χ3n) is 2.80. The average Bonchev–Trinajstić information content (AvgIpc) is 2.19. The molecular weight excluding hydrogens is 178 g/mol. The van der Waals surface area contributed by atoms with Crippen molar-refractivity contribution in [2.24, 2.45) is 0 Å². The van der Waals surface area contributed by atoms with Crippen LogP contribution in [0.5, 0.6) is 0 Å². The zero-order valence-corrected chi connectivity index (χ0v) is 9.71. The zero-order chi connectivity index (χ0) is 10.4. The summed E-state index contributed by atoms with van der Waals surface area (Å²) in [5, 5.41) is 0. The molecule has 1 aliphatic rings. The fourth-order valence-electron chi connectivity index (χ4n) is 1.66. The Bertz CT molecular complexity index is 153. The molecule has 0 N–H and O–H groups in total. The van der Waals surface area contributed by atoms with Crippen LogP contribution in [0.1, 0.15) is 33.1 Å². The maximum absolute atomic E-state index is 5.62. The van der Waals surface area contributed by atoms with Gasteiger partial charge < -0.3 is 14.4 Å². The van der Waals surface area contributed by atoms with Crippen LogP contribution >= 0.6 is 0 Å². The first-order chi connectivity index (χ1) is 6.64. The van der Waals surface area contributed by atoms with Crippen molar-refractivity contribution >= 4 is 0 Å². The predicted molar refractivity (Wildman–Crippen MR) is 57.3 cm³/mol. The zero-order valence-electron chi connectivity index (χ0n) is 9.71. The molecule has 0 bridgehead atoms. The summed E-state index contributed by atoms with van der Waals surface area (Å²) in [6.07, 6.45) is 4.07. The van der Waals surface area contributed by atoms with Crippen LogP contribution in [0.3, 0.4) is 0 Å². The van der Waals surface area contributed by atoms with Gasteiger partial charge in [0.05, 0.1) is 6.61 Å². The van der Waals surface area contributed by atoms with Gasteiger partial charge in [0.25, 0.3) is 0 Å². The van der Waals surface area contributed by atoms with Gasteiger partial charge >= 0.3 is 0 Å². The molecule has 0 aromatic rings. The summed E-state index contributed by atoms with van der Waals surface area (Å²) in [5.74, 6) is -0.435. The minimum atomic E-state index is -0.435. The fraction of sp³-hybridized carbons (Fsp3) is 1.00. The molecule has 0 radical (unpaired) electrons. The van der Waals surface area contributed by atoms with Gasteiger partial charge in [-0.15, -0.1) is 0 Å². The highest BCUT2D eigenvalue weighted by atomic mass is 16.7. The number of methoxy groups -OCH3 is 1. The van der Waals surface area contributed by atoms with E-state index in [0.29, 0.717) is 0 Å². The van der Waals surface area contributed by atoms with Crippen LogP contribution in [0.4, 0.5) is 0 Å². The Morgan fingerprint density at radius 2 is 1.79 bits per heavy atom. The Hall–Kier alpha value is -0.120. The SMILES string of the molecule is COC(C)(C)OCCN1CCCCC1. The molecule has 3 heteroatoms. The Kier molecular flexibility index (Phi) is 4.85. The molecule has 0 unspecified atom stereocenters. The van der Waals surface area contributed by atoms with E-state index >= 15 is 0 Å². The maximum atomic E-state index is 5.62. The van der Waals surface area contributed by atoms with Crippen molar-refractivity contribution in [3.63, 3.8) is 0 Å². The van der Waals surface area contributed by atoms with Gasteiger partial charge in [-0.25, -0.2) is 0 Å². The second kappa shape index (κ2) is 5.69. The summed E-state index contributed by atoms with van der Waals surface area (Å²) >= 11 is 0. The van der Waals surface area contributed by atoms with Crippen molar-refractivity contribution < 1.29 is 9.47 Å². The van der Waals surface area contributed by atoms with E-state index in [4.69, 9.17) is 9.47 Å². The molecule has 84 valence electrons. The van der Waals surface area contributed by atoms with Crippen molar-refractivity contribution in [3.05, 3.63) is 0 Å². The fourth-order valence-corrected chi connectivity index (χ4v) is 1.66. The van der Waals surface area contributed by atoms with Gasteiger partial charge in [0.15, 0.2) is 5.79 Å². The van der Waals surface area contributed by atoms with Crippen LogP contribution in [0, 0.1) is 0 Å². The number of hydrogen-bond donors (Lipinski definition) is 0. The number of hydrogen-bond acceptors (Lipinski definition) is 3. The van der Waals surface area contributed by atoms with Crippen molar-refractivity contribution in [1.29, 1.82) is 0 Å². The number of ether oxygens (including phenoxy) is 2. The minimum absolute atomic E-state index is 0.435. The van der Waals surface area contributed by atoms with Gasteiger partial charge in [-0.05, 0) is 39.8 Å². The second-order valence-electron chi connectivity index (χ2n) is 4.35. The molecule has 0 aromatic heterocycles. The molecule has 3 nitrogen and oxygen atoms in total. The summed E-state index contributed by atoms with van der Waals surface area (Å²) in [5.41, 5.74) is 0. The quantitative estimate of drug-likeness (QED) is 0.634. The average molecular weight is 201 g/mol. The highest BCUT2D eigenvalue weighted by Crippen LogP contribution is 2.11. The first kappa shape index (κ1) is 12.0. The molecular formula is C11H23NO2. The first-order valence-electron chi connectivity index (χ1n) is 5.55. The summed E-state index contributed by atoms with van der Waals surface area (Å²) < 4.78 is 10.8. The number of rotatable bonds is 5. The number of nitrogens with zero attached hydrogens (tertiary/aromatic N) is 1. The lowest BCUT2D eigenvalue weighted by atomic mass is 10.1. The van der Waals surface area contributed by atoms with E-state index in [0.717, 1.165) is 13.2 Å². The highest BCUT2D eigenvalue weighted by Gasteiger charge is 2.17. The normalized spacial score (nSPS) is 19.9. The van der Waals surface area contributed by atoms with Gasteiger partial charge in [-0.2, -0.15) is 0 Å². The molecule has 0 atom stereocenters.